The summed E-state index contributed by atoms with van der Waals surface area (Å²) in [5.41, 5.74) is 0.701. The Morgan fingerprint density at radius 2 is 1.63 bits per heavy atom. The van der Waals surface area contributed by atoms with Crippen LogP contribution in [0, 0.1) is 12.3 Å². The number of nitrogens with zero attached hydrogens (tertiary/aromatic N) is 1. The van der Waals surface area contributed by atoms with Gasteiger partial charge in [0.1, 0.15) is 0 Å². The smallest absolute Gasteiger partial charge is 0.333 e. The van der Waals surface area contributed by atoms with Crippen LogP contribution in [0.5, 0.6) is 0 Å². The van der Waals surface area contributed by atoms with E-state index < -0.39 is 33.5 Å². The fraction of sp³-hybridized carbons (Fsp3) is 0.348. The molecule has 0 saturated carbocycles. The average molecular weight is 450 g/mol. The molecule has 162 valence electrons. The number of halogens is 1. The van der Waals surface area contributed by atoms with Crippen LogP contribution in [0.2, 0.25) is 5.02 Å². The van der Waals surface area contributed by atoms with Crippen molar-refractivity contribution in [2.75, 3.05) is 0 Å². The minimum absolute atomic E-state index is 0. The van der Waals surface area contributed by atoms with Crippen LogP contribution < -0.4 is 0 Å². The van der Waals surface area contributed by atoms with E-state index in [1.807, 2.05) is 20.8 Å². The number of carbonyl (C=O) groups is 1. The molecule has 0 fully saturated rings. The molecule has 0 saturated heterocycles. The number of sulfonamides is 1. The number of aliphatic carboxylic acids is 1. The highest BCUT2D eigenvalue weighted by Gasteiger charge is 2.49. The van der Waals surface area contributed by atoms with Crippen LogP contribution in [-0.4, -0.2) is 29.8 Å². The maximum absolute atomic E-state index is 13.8. The topological polar surface area (TPSA) is 74.7 Å². The fourth-order valence-electron chi connectivity index (χ4n) is 3.67. The lowest BCUT2D eigenvalue weighted by atomic mass is 9.87. The Balaban J connectivity index is 0.00000320. The van der Waals surface area contributed by atoms with Gasteiger partial charge in [-0.15, -0.1) is 0 Å². The number of carboxylic acid groups (broad SMARTS) is 1. The zero-order valence-corrected chi connectivity index (χ0v) is 18.3. The number of hydrogen-bond donors (Lipinski definition) is 1. The number of hydrogen-bond acceptors (Lipinski definition) is 3. The van der Waals surface area contributed by atoms with Gasteiger partial charge >= 0.3 is 5.97 Å². The lowest BCUT2D eigenvalue weighted by Gasteiger charge is -2.37. The van der Waals surface area contributed by atoms with Crippen molar-refractivity contribution in [3.63, 3.8) is 0 Å². The zero-order chi connectivity index (χ0) is 21.6. The number of aryl methyl sites for hydroxylation is 1. The highest BCUT2D eigenvalue weighted by atomic mass is 35.5. The van der Waals surface area contributed by atoms with Gasteiger partial charge in [0.2, 0.25) is 10.0 Å². The van der Waals surface area contributed by atoms with Crippen LogP contribution in [0.3, 0.4) is 0 Å². The first-order chi connectivity index (χ1) is 13.4. The lowest BCUT2D eigenvalue weighted by Crippen LogP contribution is -2.45. The van der Waals surface area contributed by atoms with Crippen LogP contribution >= 0.6 is 11.6 Å². The number of benzene rings is 2. The van der Waals surface area contributed by atoms with Crippen LogP contribution in [0.25, 0.3) is 0 Å². The van der Waals surface area contributed by atoms with Crippen LogP contribution in [-0.2, 0) is 14.8 Å². The first-order valence-corrected chi connectivity index (χ1v) is 11.1. The molecule has 5 nitrogen and oxygen atoms in total. The van der Waals surface area contributed by atoms with Crippen molar-refractivity contribution >= 4 is 27.6 Å². The van der Waals surface area contributed by atoms with Gasteiger partial charge in [-0.1, -0.05) is 76.2 Å². The molecule has 1 aliphatic rings. The first-order valence-electron chi connectivity index (χ1n) is 9.24. The van der Waals surface area contributed by atoms with Crippen molar-refractivity contribution in [2.45, 2.75) is 52.1 Å². The molecule has 0 bridgehead atoms. The Morgan fingerprint density at radius 1 is 1.07 bits per heavy atom. The van der Waals surface area contributed by atoms with Gasteiger partial charge in [0.15, 0.2) is 0 Å². The predicted octanol–water partition coefficient (Wildman–Crippen LogP) is 5.46. The highest BCUT2D eigenvalue weighted by Crippen LogP contribution is 2.46. The predicted molar refractivity (Wildman–Crippen MR) is 120 cm³/mol. The van der Waals surface area contributed by atoms with Crippen molar-refractivity contribution in [1.29, 1.82) is 0 Å². The Labute approximate surface area is 184 Å². The molecule has 0 aromatic heterocycles. The van der Waals surface area contributed by atoms with E-state index in [1.165, 1.54) is 4.31 Å². The van der Waals surface area contributed by atoms with Gasteiger partial charge in [0.25, 0.3) is 0 Å². The van der Waals surface area contributed by atoms with Crippen molar-refractivity contribution < 1.29 is 18.3 Å². The Bertz CT molecular complexity index is 1070. The minimum Gasteiger partial charge on any atom is -0.478 e. The summed E-state index contributed by atoms with van der Waals surface area (Å²) in [6, 6.07) is 11.8. The van der Waals surface area contributed by atoms with Crippen molar-refractivity contribution in [3.8, 4) is 0 Å². The molecule has 2 aromatic carbocycles. The van der Waals surface area contributed by atoms with Crippen molar-refractivity contribution in [2.24, 2.45) is 5.41 Å². The van der Waals surface area contributed by atoms with Gasteiger partial charge in [0.05, 0.1) is 16.5 Å². The van der Waals surface area contributed by atoms with E-state index >= 15 is 0 Å². The molecule has 1 aliphatic heterocycles. The van der Waals surface area contributed by atoms with Crippen molar-refractivity contribution in [3.05, 3.63) is 76.3 Å². The summed E-state index contributed by atoms with van der Waals surface area (Å²) in [7, 11) is -3.99. The summed E-state index contributed by atoms with van der Waals surface area (Å²) in [6.07, 6.45) is 1.57. The van der Waals surface area contributed by atoms with Gasteiger partial charge in [-0.05, 0) is 41.7 Å². The van der Waals surface area contributed by atoms with Gasteiger partial charge in [0, 0.05) is 11.1 Å². The van der Waals surface area contributed by atoms with Crippen LogP contribution in [0.1, 0.15) is 45.4 Å². The number of rotatable bonds is 4. The molecule has 0 amide bonds. The van der Waals surface area contributed by atoms with E-state index in [2.05, 4.69) is 0 Å². The average Bonchev–Trinajstić information content (AvgIpc) is 3.04. The summed E-state index contributed by atoms with van der Waals surface area (Å²) in [6.45, 7) is 7.44. The summed E-state index contributed by atoms with van der Waals surface area (Å²) >= 11 is 6.00. The third-order valence-electron chi connectivity index (χ3n) is 5.13. The van der Waals surface area contributed by atoms with E-state index in [9.17, 15) is 18.3 Å². The monoisotopic (exact) mass is 449 g/mol. The van der Waals surface area contributed by atoms with Gasteiger partial charge in [-0.3, -0.25) is 0 Å². The molecule has 0 unspecified atom stereocenters. The van der Waals surface area contributed by atoms with Gasteiger partial charge in [-0.25, -0.2) is 13.2 Å². The van der Waals surface area contributed by atoms with Gasteiger partial charge in [-0.2, -0.15) is 4.31 Å². The summed E-state index contributed by atoms with van der Waals surface area (Å²) in [4.78, 5) is 12.3. The molecule has 0 aliphatic carbocycles. The second-order valence-electron chi connectivity index (χ2n) is 8.29. The normalized spacial score (nSPS) is 19.8. The van der Waals surface area contributed by atoms with Crippen LogP contribution in [0.4, 0.5) is 0 Å². The molecule has 7 heteroatoms. The molecule has 30 heavy (non-hydrogen) atoms. The Kier molecular flexibility index (Phi) is 6.86. The largest absolute Gasteiger partial charge is 0.478 e. The minimum atomic E-state index is -3.99. The molecule has 2 atom stereocenters. The fourth-order valence-corrected chi connectivity index (χ4v) is 5.94. The van der Waals surface area contributed by atoms with Gasteiger partial charge < -0.3 is 5.11 Å². The summed E-state index contributed by atoms with van der Waals surface area (Å²) in [5.74, 6) is -1.14. The first kappa shape index (κ1) is 24.1. The Hall–Kier alpha value is -2.15. The molecule has 3 rings (SSSR count). The third-order valence-corrected chi connectivity index (χ3v) is 7.39. The highest BCUT2D eigenvalue weighted by molar-refractivity contribution is 7.89. The molecule has 1 heterocycles. The van der Waals surface area contributed by atoms with E-state index in [4.69, 9.17) is 11.6 Å². The molecular weight excluding hydrogens is 422 g/mol. The lowest BCUT2D eigenvalue weighted by molar-refractivity contribution is -0.133. The second kappa shape index (κ2) is 8.53. The quantitative estimate of drug-likeness (QED) is 0.672. The Morgan fingerprint density at radius 3 is 2.13 bits per heavy atom. The second-order valence-corrected chi connectivity index (χ2v) is 10.5. The summed E-state index contributed by atoms with van der Waals surface area (Å²) in [5, 5.41) is 10.4. The maximum Gasteiger partial charge on any atom is 0.333 e. The molecule has 2 aromatic rings. The molecule has 0 radical (unpaired) electrons. The molecule has 1 N–H and O–H groups in total. The van der Waals surface area contributed by atoms with E-state index in [1.54, 1.807) is 61.5 Å². The zero-order valence-electron chi connectivity index (χ0n) is 16.8. The standard InChI is InChI=1S/C22H24ClNO4S.CH4/c1-14-7-5-6-8-18(14)29(27,28)24-19(22(2,3)4)13-17(21(25)26)20(24)15-9-11-16(23)12-10-15;/h5-13,19-20H,1-4H3,(H,25,26);1H4/t19-,20-;/m0./s1. The molecular formula is C23H28ClNO4S. The molecule has 0 spiro atoms. The van der Waals surface area contributed by atoms with Crippen molar-refractivity contribution in [1.82, 2.24) is 4.31 Å². The van der Waals surface area contributed by atoms with E-state index in [0.717, 1.165) is 0 Å². The SMILES string of the molecule is C.Cc1ccccc1S(=O)(=O)N1[C@@H](c2ccc(Cl)cc2)C(C(=O)O)=C[C@H]1C(C)(C)C. The summed E-state index contributed by atoms with van der Waals surface area (Å²) < 4.78 is 28.9. The van der Waals surface area contributed by atoms with E-state index in [-0.39, 0.29) is 17.9 Å². The number of carboxylic acids is 1. The third kappa shape index (κ3) is 4.31. The maximum atomic E-state index is 13.8. The van der Waals surface area contributed by atoms with Crippen LogP contribution in [0.15, 0.2) is 65.1 Å². The van der Waals surface area contributed by atoms with E-state index in [0.29, 0.717) is 16.1 Å².